The first kappa shape index (κ1) is 24.8. The van der Waals surface area contributed by atoms with Crippen molar-refractivity contribution >= 4 is 35.3 Å². The van der Waals surface area contributed by atoms with Gasteiger partial charge in [0.25, 0.3) is 5.91 Å². The lowest BCUT2D eigenvalue weighted by Gasteiger charge is -2.61. The highest BCUT2D eigenvalue weighted by Crippen LogP contribution is 2.50. The Morgan fingerprint density at radius 1 is 1.20 bits per heavy atom. The number of hydrogen-bond donors (Lipinski definition) is 3. The summed E-state index contributed by atoms with van der Waals surface area (Å²) in [5, 5.41) is 7.60. The zero-order valence-electron chi connectivity index (χ0n) is 20.4. The highest BCUT2D eigenvalue weighted by molar-refractivity contribution is 6.33. The molecule has 2 saturated heterocycles. The van der Waals surface area contributed by atoms with E-state index < -0.39 is 29.2 Å². The maximum atomic E-state index is 13.3. The number of piperidine rings is 1. The minimum atomic E-state index is -1.06. The zero-order chi connectivity index (χ0) is 25.5. The fourth-order valence-corrected chi connectivity index (χ4v) is 5.12. The summed E-state index contributed by atoms with van der Waals surface area (Å²) in [7, 11) is 1.75. The van der Waals surface area contributed by atoms with Crippen molar-refractivity contribution in [2.24, 2.45) is 13.0 Å². The summed E-state index contributed by atoms with van der Waals surface area (Å²) in [6.07, 6.45) is 2.60. The van der Waals surface area contributed by atoms with Crippen molar-refractivity contribution in [1.82, 2.24) is 30.5 Å². The van der Waals surface area contributed by atoms with Crippen molar-refractivity contribution in [1.29, 1.82) is 0 Å². The highest BCUT2D eigenvalue weighted by Gasteiger charge is 2.62. The lowest BCUT2D eigenvalue weighted by Crippen LogP contribution is -2.78. The summed E-state index contributed by atoms with van der Waals surface area (Å²) in [4.78, 5) is 44.3. The summed E-state index contributed by atoms with van der Waals surface area (Å²) in [5.41, 5.74) is 4.06. The van der Waals surface area contributed by atoms with Gasteiger partial charge in [0, 0.05) is 30.8 Å². The molecule has 3 fully saturated rings. The van der Waals surface area contributed by atoms with E-state index in [1.807, 2.05) is 0 Å². The molecule has 2 aliphatic heterocycles. The number of ether oxygens (including phenoxy) is 1. The van der Waals surface area contributed by atoms with E-state index in [-0.39, 0.29) is 12.0 Å². The Balaban J connectivity index is 1.49. The van der Waals surface area contributed by atoms with Crippen molar-refractivity contribution in [2.45, 2.75) is 64.1 Å². The lowest BCUT2D eigenvalue weighted by atomic mass is 9.64. The van der Waals surface area contributed by atoms with Crippen molar-refractivity contribution in [3.8, 4) is 11.4 Å². The predicted octanol–water partition coefficient (Wildman–Crippen LogP) is 3.47. The molecule has 11 nitrogen and oxygen atoms in total. The van der Waals surface area contributed by atoms with Crippen LogP contribution in [0.4, 0.5) is 15.3 Å². The number of rotatable bonds is 3. The molecule has 0 spiro atoms. The summed E-state index contributed by atoms with van der Waals surface area (Å²) >= 11 is 6.33. The van der Waals surface area contributed by atoms with E-state index in [1.54, 1.807) is 61.9 Å². The number of hydrogen-bond acceptors (Lipinski definition) is 6. The average Bonchev–Trinajstić information content (AvgIpc) is 3.17. The number of nitrogens with one attached hydrogen (secondary N) is 3. The number of hydrazine groups is 1. The number of benzene rings is 1. The van der Waals surface area contributed by atoms with Gasteiger partial charge < -0.3 is 15.0 Å². The third kappa shape index (κ3) is 5.04. The molecule has 2 bridgehead atoms. The predicted molar refractivity (Wildman–Crippen MR) is 129 cm³/mol. The summed E-state index contributed by atoms with van der Waals surface area (Å²) in [5.74, 6) is 0.241. The highest BCUT2D eigenvalue weighted by atomic mass is 35.5. The van der Waals surface area contributed by atoms with Gasteiger partial charge in [-0.3, -0.25) is 14.9 Å². The Hall–Kier alpha value is -3.34. The second kappa shape index (κ2) is 9.03. The minimum Gasteiger partial charge on any atom is -0.443 e. The molecule has 3 heterocycles. The van der Waals surface area contributed by atoms with Crippen LogP contribution in [-0.4, -0.2) is 54.9 Å². The number of halogens is 1. The summed E-state index contributed by atoms with van der Waals surface area (Å²) in [6.45, 7) is 7.23. The van der Waals surface area contributed by atoms with Crippen LogP contribution in [0.1, 0.15) is 47.0 Å². The van der Waals surface area contributed by atoms with E-state index in [2.05, 4.69) is 33.2 Å². The number of urea groups is 1. The molecule has 3 N–H and O–H groups in total. The standard InChI is InChI=1S/C23H30ClN7O4/c1-13-8-15-11-23(10-13,19(32)27-28-21(34)35-22(2,3)4)31(15)20(33)26-14-6-7-17(24)16(9-14)18-25-12-30(5)29-18/h6-7,9,12-13,15H,8,10-11H2,1-5H3,(H,26,33)(H,27,32)(H,28,34). The van der Waals surface area contributed by atoms with Gasteiger partial charge in [-0.05, 0) is 57.7 Å². The van der Waals surface area contributed by atoms with Crippen molar-refractivity contribution in [3.05, 3.63) is 29.5 Å². The number of carbonyl (C=O) groups excluding carboxylic acids is 3. The largest absolute Gasteiger partial charge is 0.443 e. The smallest absolute Gasteiger partial charge is 0.426 e. The summed E-state index contributed by atoms with van der Waals surface area (Å²) < 4.78 is 6.74. The molecular formula is C23H30ClN7O4. The van der Waals surface area contributed by atoms with Crippen LogP contribution >= 0.6 is 11.6 Å². The number of amides is 4. The van der Waals surface area contributed by atoms with Crippen molar-refractivity contribution in [3.63, 3.8) is 0 Å². The maximum absolute atomic E-state index is 13.3. The topological polar surface area (TPSA) is 130 Å². The fourth-order valence-electron chi connectivity index (χ4n) is 4.91. The van der Waals surface area contributed by atoms with E-state index in [0.717, 1.165) is 6.42 Å². The van der Waals surface area contributed by atoms with Crippen LogP contribution in [0.2, 0.25) is 5.02 Å². The Bertz CT molecular complexity index is 1160. The van der Waals surface area contributed by atoms with E-state index in [0.29, 0.717) is 34.9 Å². The minimum absolute atomic E-state index is 0.0738. The number of carbonyl (C=O) groups is 3. The van der Waals surface area contributed by atoms with E-state index in [4.69, 9.17) is 16.3 Å². The molecule has 0 radical (unpaired) electrons. The monoisotopic (exact) mass is 503 g/mol. The average molecular weight is 504 g/mol. The number of anilines is 1. The quantitative estimate of drug-likeness (QED) is 0.550. The molecule has 3 aliphatic rings. The molecular weight excluding hydrogens is 474 g/mol. The van der Waals surface area contributed by atoms with Crippen LogP contribution in [0.3, 0.4) is 0 Å². The lowest BCUT2D eigenvalue weighted by molar-refractivity contribution is -0.156. The molecule has 2 aromatic rings. The fraction of sp³-hybridized carbons (Fsp3) is 0.522. The molecule has 12 heteroatoms. The van der Waals surface area contributed by atoms with Gasteiger partial charge in [-0.1, -0.05) is 18.5 Å². The van der Waals surface area contributed by atoms with Gasteiger partial charge in [-0.25, -0.2) is 20.0 Å². The Morgan fingerprint density at radius 3 is 2.60 bits per heavy atom. The van der Waals surface area contributed by atoms with Crippen LogP contribution in [0.15, 0.2) is 24.5 Å². The third-order valence-electron chi connectivity index (χ3n) is 6.14. The molecule has 3 unspecified atom stereocenters. The third-order valence-corrected chi connectivity index (χ3v) is 6.47. The van der Waals surface area contributed by atoms with Gasteiger partial charge in [0.1, 0.15) is 17.5 Å². The Labute approximate surface area is 208 Å². The molecule has 1 aromatic carbocycles. The van der Waals surface area contributed by atoms with Gasteiger partial charge in [0.15, 0.2) is 5.82 Å². The first-order chi connectivity index (χ1) is 16.4. The molecule has 1 saturated carbocycles. The van der Waals surface area contributed by atoms with E-state index in [9.17, 15) is 14.4 Å². The number of nitrogens with zero attached hydrogens (tertiary/aromatic N) is 4. The van der Waals surface area contributed by atoms with Crippen molar-refractivity contribution < 1.29 is 19.1 Å². The molecule has 3 atom stereocenters. The second-order valence-electron chi connectivity index (χ2n) is 10.3. The molecule has 1 aliphatic carbocycles. The maximum Gasteiger partial charge on any atom is 0.426 e. The molecule has 1 aromatic heterocycles. The van der Waals surface area contributed by atoms with Crippen LogP contribution in [0.5, 0.6) is 0 Å². The number of aromatic nitrogens is 3. The first-order valence-corrected chi connectivity index (χ1v) is 11.8. The van der Waals surface area contributed by atoms with Gasteiger partial charge >= 0.3 is 12.1 Å². The Morgan fingerprint density at radius 2 is 1.94 bits per heavy atom. The van der Waals surface area contributed by atoms with Gasteiger partial charge in [-0.2, -0.15) is 5.10 Å². The molecule has 4 amide bonds. The molecule has 5 rings (SSSR count). The van der Waals surface area contributed by atoms with Gasteiger partial charge in [0.05, 0.1) is 5.02 Å². The SMILES string of the molecule is CC1CC2CC(C(=O)NNC(=O)OC(C)(C)C)(C1)N2C(=O)Nc1ccc(Cl)c(-c2ncn(C)n2)c1. The number of aryl methyl sites for hydroxylation is 1. The normalized spacial score (nSPS) is 23.2. The molecule has 188 valence electrons. The van der Waals surface area contributed by atoms with E-state index >= 15 is 0 Å². The number of fused-ring (bicyclic) bond motifs is 2. The molecule has 35 heavy (non-hydrogen) atoms. The zero-order valence-corrected chi connectivity index (χ0v) is 21.1. The first-order valence-electron chi connectivity index (χ1n) is 11.4. The second-order valence-corrected chi connectivity index (χ2v) is 10.7. The van der Waals surface area contributed by atoms with Crippen LogP contribution in [-0.2, 0) is 16.6 Å². The van der Waals surface area contributed by atoms with Gasteiger partial charge in [-0.15, -0.1) is 0 Å². The van der Waals surface area contributed by atoms with E-state index in [1.165, 1.54) is 0 Å². The summed E-state index contributed by atoms with van der Waals surface area (Å²) in [6, 6.07) is 4.57. The van der Waals surface area contributed by atoms with Crippen LogP contribution < -0.4 is 16.2 Å². The van der Waals surface area contributed by atoms with Crippen LogP contribution in [0, 0.1) is 5.92 Å². The van der Waals surface area contributed by atoms with Crippen molar-refractivity contribution in [2.75, 3.05) is 5.32 Å². The Kier molecular flexibility index (Phi) is 6.39. The van der Waals surface area contributed by atoms with Gasteiger partial charge in [0.2, 0.25) is 0 Å². The van der Waals surface area contributed by atoms with Crippen LogP contribution in [0.25, 0.3) is 11.4 Å².